The zero-order valence-electron chi connectivity index (χ0n) is 15.9. The predicted molar refractivity (Wildman–Crippen MR) is 104 cm³/mol. The maximum Gasteiger partial charge on any atom is 0.338 e. The van der Waals surface area contributed by atoms with Crippen LogP contribution in [-0.4, -0.2) is 43.2 Å². The lowest BCUT2D eigenvalue weighted by Gasteiger charge is -2.09. The highest BCUT2D eigenvalue weighted by molar-refractivity contribution is 7.13. The summed E-state index contributed by atoms with van der Waals surface area (Å²) in [6.07, 6.45) is 0.0226. The molecular weight excluding hydrogens is 384 g/mol. The third-order valence-corrected chi connectivity index (χ3v) is 4.17. The molecule has 2 aromatic rings. The molecule has 150 valence electrons. The molecule has 0 aliphatic rings. The first-order chi connectivity index (χ1) is 13.4. The van der Waals surface area contributed by atoms with Gasteiger partial charge >= 0.3 is 11.9 Å². The van der Waals surface area contributed by atoms with Crippen LogP contribution >= 0.6 is 11.3 Å². The fourth-order valence-corrected chi connectivity index (χ4v) is 2.71. The quantitative estimate of drug-likeness (QED) is 0.639. The summed E-state index contributed by atoms with van der Waals surface area (Å²) in [7, 11) is 1.29. The number of carbonyl (C=O) groups excluding carboxylic acids is 3. The fraction of sp³-hybridized carbons (Fsp3) is 0.368. The average Bonchev–Trinajstić information content (AvgIpc) is 3.11. The van der Waals surface area contributed by atoms with Gasteiger partial charge in [0.1, 0.15) is 5.75 Å². The Morgan fingerprint density at radius 2 is 1.89 bits per heavy atom. The number of hydrogen-bond acceptors (Lipinski definition) is 8. The van der Waals surface area contributed by atoms with Crippen molar-refractivity contribution in [3.05, 3.63) is 40.9 Å². The largest absolute Gasteiger partial charge is 0.493 e. The number of thiazole rings is 1. The number of ether oxygens (including phenoxy) is 3. The fourth-order valence-electron chi connectivity index (χ4n) is 1.99. The highest BCUT2D eigenvalue weighted by atomic mass is 32.1. The first-order valence-corrected chi connectivity index (χ1v) is 9.46. The second-order valence-electron chi connectivity index (χ2n) is 6.25. The lowest BCUT2D eigenvalue weighted by Crippen LogP contribution is -2.21. The molecule has 0 radical (unpaired) electrons. The lowest BCUT2D eigenvalue weighted by molar-refractivity contribution is -0.139. The van der Waals surface area contributed by atoms with E-state index in [1.165, 1.54) is 7.11 Å². The SMILES string of the molecule is COC(=O)Cc1csc(NC(=O)COC(=O)c2ccc(OCC(C)C)cc2)n1. The first-order valence-electron chi connectivity index (χ1n) is 8.58. The van der Waals surface area contributed by atoms with Gasteiger partial charge in [-0.25, -0.2) is 9.78 Å². The normalized spacial score (nSPS) is 10.4. The highest BCUT2D eigenvalue weighted by Gasteiger charge is 2.13. The Hall–Kier alpha value is -2.94. The van der Waals surface area contributed by atoms with Crippen molar-refractivity contribution in [3.63, 3.8) is 0 Å². The van der Waals surface area contributed by atoms with Gasteiger partial charge in [0.15, 0.2) is 11.7 Å². The average molecular weight is 406 g/mol. The number of hydrogen-bond donors (Lipinski definition) is 1. The topological polar surface area (TPSA) is 104 Å². The molecule has 2 rings (SSSR count). The monoisotopic (exact) mass is 406 g/mol. The summed E-state index contributed by atoms with van der Waals surface area (Å²) in [6, 6.07) is 6.51. The van der Waals surface area contributed by atoms with E-state index in [4.69, 9.17) is 9.47 Å². The van der Waals surface area contributed by atoms with Gasteiger partial charge in [-0.15, -0.1) is 11.3 Å². The van der Waals surface area contributed by atoms with Crippen molar-refractivity contribution in [1.29, 1.82) is 0 Å². The molecule has 0 saturated heterocycles. The van der Waals surface area contributed by atoms with Crippen LogP contribution in [-0.2, 0) is 25.5 Å². The summed E-state index contributed by atoms with van der Waals surface area (Å²) in [5.41, 5.74) is 0.809. The molecule has 0 aliphatic carbocycles. The number of esters is 2. The molecule has 28 heavy (non-hydrogen) atoms. The number of amides is 1. The smallest absolute Gasteiger partial charge is 0.338 e. The number of aromatic nitrogens is 1. The second-order valence-corrected chi connectivity index (χ2v) is 7.11. The molecule has 0 atom stereocenters. The van der Waals surface area contributed by atoms with E-state index in [-0.39, 0.29) is 6.42 Å². The molecule has 1 heterocycles. The second kappa shape index (κ2) is 10.4. The number of anilines is 1. The third-order valence-electron chi connectivity index (χ3n) is 3.36. The van der Waals surface area contributed by atoms with Crippen LogP contribution in [0.15, 0.2) is 29.6 Å². The number of rotatable bonds is 9. The Morgan fingerprint density at radius 3 is 2.54 bits per heavy atom. The molecule has 0 saturated carbocycles. The molecule has 8 nitrogen and oxygen atoms in total. The summed E-state index contributed by atoms with van der Waals surface area (Å²) < 4.78 is 15.1. The summed E-state index contributed by atoms with van der Waals surface area (Å²) in [6.45, 7) is 4.23. The van der Waals surface area contributed by atoms with Gasteiger partial charge in [-0.2, -0.15) is 0 Å². The van der Waals surface area contributed by atoms with Crippen molar-refractivity contribution in [3.8, 4) is 5.75 Å². The van der Waals surface area contributed by atoms with E-state index in [1.807, 2.05) is 13.8 Å². The van der Waals surface area contributed by atoms with Crippen molar-refractivity contribution < 1.29 is 28.6 Å². The zero-order valence-corrected chi connectivity index (χ0v) is 16.7. The maximum atomic E-state index is 12.0. The van der Waals surface area contributed by atoms with Crippen LogP contribution in [0.4, 0.5) is 5.13 Å². The van der Waals surface area contributed by atoms with Gasteiger partial charge < -0.3 is 14.2 Å². The molecule has 0 unspecified atom stereocenters. The van der Waals surface area contributed by atoms with E-state index in [0.29, 0.717) is 34.7 Å². The van der Waals surface area contributed by atoms with Crippen LogP contribution in [0, 0.1) is 5.92 Å². The van der Waals surface area contributed by atoms with Crippen LogP contribution in [0.1, 0.15) is 29.9 Å². The van der Waals surface area contributed by atoms with Crippen LogP contribution in [0.3, 0.4) is 0 Å². The number of benzene rings is 1. The van der Waals surface area contributed by atoms with Crippen molar-refractivity contribution in [2.24, 2.45) is 5.92 Å². The predicted octanol–water partition coefficient (Wildman–Crippen LogP) is 2.69. The molecule has 1 amide bonds. The van der Waals surface area contributed by atoms with Gasteiger partial charge in [-0.1, -0.05) is 13.8 Å². The van der Waals surface area contributed by atoms with Crippen LogP contribution in [0.25, 0.3) is 0 Å². The molecule has 0 fully saturated rings. The van der Waals surface area contributed by atoms with E-state index >= 15 is 0 Å². The molecule has 1 aromatic heterocycles. The van der Waals surface area contributed by atoms with Gasteiger partial charge in [0.2, 0.25) is 0 Å². The minimum atomic E-state index is -0.615. The summed E-state index contributed by atoms with van der Waals surface area (Å²) in [5.74, 6) is -0.495. The van der Waals surface area contributed by atoms with E-state index in [1.54, 1.807) is 29.6 Å². The summed E-state index contributed by atoms with van der Waals surface area (Å²) in [5, 5.41) is 4.47. The molecule has 1 aromatic carbocycles. The van der Waals surface area contributed by atoms with Gasteiger partial charge in [0, 0.05) is 5.38 Å². The zero-order chi connectivity index (χ0) is 20.5. The van der Waals surface area contributed by atoms with E-state index < -0.39 is 24.5 Å². The van der Waals surface area contributed by atoms with Crippen molar-refractivity contribution in [2.45, 2.75) is 20.3 Å². The van der Waals surface area contributed by atoms with Gasteiger partial charge in [0.25, 0.3) is 5.91 Å². The van der Waals surface area contributed by atoms with Gasteiger partial charge in [-0.3, -0.25) is 14.9 Å². The van der Waals surface area contributed by atoms with Crippen molar-refractivity contribution in [2.75, 3.05) is 25.6 Å². The molecule has 9 heteroatoms. The molecule has 0 spiro atoms. The number of carbonyl (C=O) groups is 3. The van der Waals surface area contributed by atoms with Crippen LogP contribution in [0.2, 0.25) is 0 Å². The molecule has 0 bridgehead atoms. The Morgan fingerprint density at radius 1 is 1.18 bits per heavy atom. The van der Waals surface area contributed by atoms with Gasteiger partial charge in [0.05, 0.1) is 31.4 Å². The lowest BCUT2D eigenvalue weighted by atomic mass is 10.2. The van der Waals surface area contributed by atoms with E-state index in [0.717, 1.165) is 11.3 Å². The minimum absolute atomic E-state index is 0.0226. The Balaban J connectivity index is 1.79. The molecule has 1 N–H and O–H groups in total. The Labute approximate surface area is 166 Å². The van der Waals surface area contributed by atoms with Crippen LogP contribution in [0.5, 0.6) is 5.75 Å². The van der Waals surface area contributed by atoms with E-state index in [9.17, 15) is 14.4 Å². The summed E-state index contributed by atoms with van der Waals surface area (Å²) >= 11 is 1.16. The van der Waals surface area contributed by atoms with E-state index in [2.05, 4.69) is 15.0 Å². The Kier molecular flexibility index (Phi) is 7.94. The van der Waals surface area contributed by atoms with Crippen LogP contribution < -0.4 is 10.1 Å². The third kappa shape index (κ3) is 6.99. The summed E-state index contributed by atoms with van der Waals surface area (Å²) in [4.78, 5) is 39.2. The highest BCUT2D eigenvalue weighted by Crippen LogP contribution is 2.16. The molecule has 0 aliphatic heterocycles. The number of nitrogens with one attached hydrogen (secondary N) is 1. The minimum Gasteiger partial charge on any atom is -0.493 e. The standard InChI is InChI=1S/C19H22N2O6S/c1-12(2)9-26-15-6-4-13(5-7-15)18(24)27-10-16(22)21-19-20-14(11-28-19)8-17(23)25-3/h4-7,11-12H,8-10H2,1-3H3,(H,20,21,22). The number of methoxy groups -OCH3 is 1. The first kappa shape index (κ1) is 21.4. The molecular formula is C19H22N2O6S. The Bertz CT molecular complexity index is 816. The van der Waals surface area contributed by atoms with Crippen molar-refractivity contribution in [1.82, 2.24) is 4.98 Å². The van der Waals surface area contributed by atoms with Gasteiger partial charge in [-0.05, 0) is 30.2 Å². The van der Waals surface area contributed by atoms with Crippen molar-refractivity contribution >= 4 is 34.3 Å². The maximum absolute atomic E-state index is 12.0. The number of nitrogens with zero attached hydrogens (tertiary/aromatic N) is 1.